The highest BCUT2D eigenvalue weighted by Gasteiger charge is 2.61. The maximum atomic E-state index is 12.2. The lowest BCUT2D eigenvalue weighted by molar-refractivity contribution is -0.131. The van der Waals surface area contributed by atoms with Crippen LogP contribution >= 0.6 is 23.6 Å². The number of carbonyl (C=O) groups is 1. The number of carbonyl (C=O) groups excluding carboxylic acids is 1. The quantitative estimate of drug-likeness (QED) is 0.618. The molecule has 1 aliphatic carbocycles. The van der Waals surface area contributed by atoms with Crippen molar-refractivity contribution in [3.63, 3.8) is 0 Å². The van der Waals surface area contributed by atoms with Crippen molar-refractivity contribution < 1.29 is 4.79 Å². The van der Waals surface area contributed by atoms with E-state index >= 15 is 0 Å². The van der Waals surface area contributed by atoms with Gasteiger partial charge in [0.2, 0.25) is 0 Å². The van der Waals surface area contributed by atoms with Gasteiger partial charge in [-0.15, -0.1) is 0 Å². The standard InChI is InChI=1S/C10H16Cl2N2O/c1-9(2)13(11)8(15)10(14(9)12)6-4-3-5-7-10/h3-7H2,1-2H3. The maximum Gasteiger partial charge on any atom is 0.260 e. The zero-order chi connectivity index (χ0) is 11.3. The zero-order valence-corrected chi connectivity index (χ0v) is 10.6. The molecule has 0 radical (unpaired) electrons. The van der Waals surface area contributed by atoms with Gasteiger partial charge in [-0.2, -0.15) is 4.42 Å². The summed E-state index contributed by atoms with van der Waals surface area (Å²) in [5.74, 6) is -0.0381. The number of rotatable bonds is 0. The molecule has 86 valence electrons. The van der Waals surface area contributed by atoms with E-state index in [2.05, 4.69) is 0 Å². The van der Waals surface area contributed by atoms with Crippen LogP contribution < -0.4 is 0 Å². The second-order valence-corrected chi connectivity index (χ2v) is 5.63. The van der Waals surface area contributed by atoms with Crippen LogP contribution in [-0.4, -0.2) is 25.9 Å². The van der Waals surface area contributed by atoms with E-state index in [-0.39, 0.29) is 5.91 Å². The Morgan fingerprint density at radius 2 is 1.67 bits per heavy atom. The van der Waals surface area contributed by atoms with Crippen molar-refractivity contribution in [2.24, 2.45) is 0 Å². The van der Waals surface area contributed by atoms with Crippen LogP contribution in [0.15, 0.2) is 0 Å². The van der Waals surface area contributed by atoms with Gasteiger partial charge in [0.1, 0.15) is 11.2 Å². The Balaban J connectivity index is 2.37. The summed E-state index contributed by atoms with van der Waals surface area (Å²) in [6.07, 6.45) is 4.93. The minimum atomic E-state index is -0.600. The van der Waals surface area contributed by atoms with Crippen LogP contribution in [-0.2, 0) is 4.79 Å². The molecule has 1 amide bonds. The van der Waals surface area contributed by atoms with Gasteiger partial charge in [-0.05, 0) is 38.5 Å². The first-order chi connectivity index (χ1) is 6.93. The smallest absolute Gasteiger partial charge is 0.260 e. The molecule has 1 spiro atoms. The molecule has 15 heavy (non-hydrogen) atoms. The number of nitrogens with zero attached hydrogens (tertiary/aromatic N) is 2. The van der Waals surface area contributed by atoms with Crippen LogP contribution in [0.5, 0.6) is 0 Å². The predicted molar refractivity (Wildman–Crippen MR) is 60.3 cm³/mol. The Morgan fingerprint density at radius 1 is 1.13 bits per heavy atom. The van der Waals surface area contributed by atoms with Gasteiger partial charge in [0.15, 0.2) is 0 Å². The summed E-state index contributed by atoms with van der Waals surface area (Å²) in [5, 5.41) is 0. The van der Waals surface area contributed by atoms with Crippen LogP contribution in [0.2, 0.25) is 0 Å². The van der Waals surface area contributed by atoms with Gasteiger partial charge in [-0.1, -0.05) is 19.3 Å². The number of hydrogen-bond acceptors (Lipinski definition) is 2. The van der Waals surface area contributed by atoms with E-state index in [4.69, 9.17) is 23.6 Å². The molecule has 0 aromatic heterocycles. The minimum absolute atomic E-state index is 0.0381. The minimum Gasteiger partial charge on any atom is -0.271 e. The molecule has 2 rings (SSSR count). The van der Waals surface area contributed by atoms with Gasteiger partial charge < -0.3 is 0 Å². The highest BCUT2D eigenvalue weighted by Crippen LogP contribution is 2.48. The first-order valence-corrected chi connectivity index (χ1v) is 6.07. The van der Waals surface area contributed by atoms with Crippen molar-refractivity contribution in [3.05, 3.63) is 0 Å². The summed E-state index contributed by atoms with van der Waals surface area (Å²) in [4.78, 5) is 12.2. The van der Waals surface area contributed by atoms with Crippen LogP contribution in [0.4, 0.5) is 0 Å². The number of halogens is 2. The van der Waals surface area contributed by atoms with Crippen LogP contribution in [0.25, 0.3) is 0 Å². The van der Waals surface area contributed by atoms with Crippen molar-refractivity contribution in [2.75, 3.05) is 0 Å². The summed E-state index contributed by atoms with van der Waals surface area (Å²) in [6, 6.07) is 0. The topological polar surface area (TPSA) is 23.6 Å². The van der Waals surface area contributed by atoms with E-state index in [1.807, 2.05) is 13.8 Å². The molecule has 0 unspecified atom stereocenters. The van der Waals surface area contributed by atoms with Crippen molar-refractivity contribution in [2.45, 2.75) is 57.2 Å². The lowest BCUT2D eigenvalue weighted by atomic mass is 9.81. The molecule has 3 nitrogen and oxygen atoms in total. The molecule has 1 aliphatic heterocycles. The molecule has 0 aromatic rings. The van der Waals surface area contributed by atoms with E-state index in [0.29, 0.717) is 0 Å². The monoisotopic (exact) mass is 250 g/mol. The molecule has 1 saturated carbocycles. The fourth-order valence-corrected chi connectivity index (χ4v) is 3.25. The van der Waals surface area contributed by atoms with Gasteiger partial charge in [-0.25, -0.2) is 4.42 Å². The highest BCUT2D eigenvalue weighted by atomic mass is 35.5. The van der Waals surface area contributed by atoms with Gasteiger partial charge >= 0.3 is 0 Å². The van der Waals surface area contributed by atoms with E-state index in [9.17, 15) is 4.79 Å². The predicted octanol–water partition coefficient (Wildman–Crippen LogP) is 2.88. The van der Waals surface area contributed by atoms with Crippen LogP contribution in [0.1, 0.15) is 46.0 Å². The van der Waals surface area contributed by atoms with E-state index in [1.54, 1.807) is 4.42 Å². The SMILES string of the molecule is CC1(C)N(Cl)C(=O)C2(CCCCC2)N1Cl. The lowest BCUT2D eigenvalue weighted by Gasteiger charge is -2.38. The van der Waals surface area contributed by atoms with Gasteiger partial charge in [0.25, 0.3) is 5.91 Å². The van der Waals surface area contributed by atoms with Gasteiger partial charge in [0, 0.05) is 11.8 Å². The third-order valence-corrected chi connectivity index (χ3v) is 4.90. The molecule has 5 heteroatoms. The Hall–Kier alpha value is 0.01000. The summed E-state index contributed by atoms with van der Waals surface area (Å²) in [5.41, 5.74) is -1.15. The summed E-state index contributed by atoms with van der Waals surface area (Å²) < 4.78 is 2.89. The second kappa shape index (κ2) is 3.51. The average molecular weight is 251 g/mol. The van der Waals surface area contributed by atoms with E-state index in [1.165, 1.54) is 10.8 Å². The molecular formula is C10H16Cl2N2O. The Kier molecular flexibility index (Phi) is 2.69. The van der Waals surface area contributed by atoms with Crippen molar-refractivity contribution in [3.8, 4) is 0 Å². The fraction of sp³-hybridized carbons (Fsp3) is 0.900. The molecule has 0 N–H and O–H groups in total. The van der Waals surface area contributed by atoms with E-state index in [0.717, 1.165) is 25.7 Å². The molecular weight excluding hydrogens is 235 g/mol. The molecule has 1 saturated heterocycles. The highest BCUT2D eigenvalue weighted by molar-refractivity contribution is 6.27. The Labute approximate surface area is 101 Å². The summed E-state index contributed by atoms with van der Waals surface area (Å²) >= 11 is 12.3. The first kappa shape index (κ1) is 11.5. The largest absolute Gasteiger partial charge is 0.271 e. The van der Waals surface area contributed by atoms with E-state index < -0.39 is 11.2 Å². The first-order valence-electron chi connectivity index (χ1n) is 5.39. The second-order valence-electron chi connectivity index (χ2n) is 4.95. The maximum absolute atomic E-state index is 12.2. The summed E-state index contributed by atoms with van der Waals surface area (Å²) in [6.45, 7) is 3.74. The number of amides is 1. The Bertz CT molecular complexity index is 287. The van der Waals surface area contributed by atoms with Gasteiger partial charge in [0.05, 0.1) is 0 Å². The van der Waals surface area contributed by atoms with Gasteiger partial charge in [-0.3, -0.25) is 4.79 Å². The van der Waals surface area contributed by atoms with Crippen molar-refractivity contribution in [1.82, 2.24) is 8.84 Å². The molecule has 2 aliphatic rings. The van der Waals surface area contributed by atoms with Crippen molar-refractivity contribution in [1.29, 1.82) is 0 Å². The zero-order valence-electron chi connectivity index (χ0n) is 9.09. The molecule has 0 bridgehead atoms. The van der Waals surface area contributed by atoms with Crippen LogP contribution in [0.3, 0.4) is 0 Å². The Morgan fingerprint density at radius 3 is 2.07 bits per heavy atom. The van der Waals surface area contributed by atoms with Crippen molar-refractivity contribution >= 4 is 29.5 Å². The third kappa shape index (κ3) is 1.40. The fourth-order valence-electron chi connectivity index (χ4n) is 2.66. The molecule has 2 fully saturated rings. The molecule has 0 atom stereocenters. The normalized spacial score (nSPS) is 30.1. The molecule has 0 aromatic carbocycles. The average Bonchev–Trinajstić information content (AvgIpc) is 2.35. The van der Waals surface area contributed by atoms with Crippen LogP contribution in [0, 0.1) is 0 Å². The third-order valence-electron chi connectivity index (χ3n) is 3.59. The summed E-state index contributed by atoms with van der Waals surface area (Å²) in [7, 11) is 0. The lowest BCUT2D eigenvalue weighted by Crippen LogP contribution is -2.49. The molecule has 1 heterocycles. The number of hydrogen-bond donors (Lipinski definition) is 0.